The summed E-state index contributed by atoms with van der Waals surface area (Å²) in [6.45, 7) is 10.8. The quantitative estimate of drug-likeness (QED) is 0.691. The summed E-state index contributed by atoms with van der Waals surface area (Å²) in [5.74, 6) is -0.0275. The summed E-state index contributed by atoms with van der Waals surface area (Å²) in [4.78, 5) is 17.0. The summed E-state index contributed by atoms with van der Waals surface area (Å²) in [6.07, 6.45) is 1.00. The molecule has 1 atom stereocenters. The van der Waals surface area contributed by atoms with Crippen molar-refractivity contribution in [1.29, 1.82) is 0 Å². The number of aromatic nitrogens is 4. The lowest BCUT2D eigenvalue weighted by Crippen LogP contribution is -2.44. The molecule has 1 amide bonds. The molecule has 0 radical (unpaired) electrons. The maximum absolute atomic E-state index is 12.3. The minimum Gasteiger partial charge on any atom is -0.351 e. The van der Waals surface area contributed by atoms with Gasteiger partial charge in [-0.05, 0) is 40.2 Å². The molecule has 0 saturated carbocycles. The van der Waals surface area contributed by atoms with Crippen LogP contribution in [0.5, 0.6) is 0 Å². The molecular weight excluding hydrogens is 346 g/mol. The highest BCUT2D eigenvalue weighted by atomic mass is 32.2. The fourth-order valence-electron chi connectivity index (χ4n) is 2.87. The number of fused-ring (bicyclic) bond motifs is 3. The number of hydrogen-bond donors (Lipinski definition) is 1. The predicted molar refractivity (Wildman–Crippen MR) is 106 cm³/mol. The lowest BCUT2D eigenvalue weighted by Gasteiger charge is -2.22. The van der Waals surface area contributed by atoms with Crippen LogP contribution in [0.1, 0.15) is 41.0 Å². The van der Waals surface area contributed by atoms with Gasteiger partial charge in [0, 0.05) is 17.5 Å². The second kappa shape index (κ2) is 7.23. The van der Waals surface area contributed by atoms with Gasteiger partial charge >= 0.3 is 0 Å². The van der Waals surface area contributed by atoms with Crippen LogP contribution in [0.2, 0.25) is 0 Å². The molecule has 0 fully saturated rings. The minimum absolute atomic E-state index is 0.0275. The fraction of sp³-hybridized carbons (Fsp3) is 0.474. The molecule has 2 aromatic heterocycles. The second-order valence-electron chi connectivity index (χ2n) is 7.43. The Balaban J connectivity index is 1.95. The highest BCUT2D eigenvalue weighted by Crippen LogP contribution is 2.28. The van der Waals surface area contributed by atoms with E-state index in [4.69, 9.17) is 4.98 Å². The van der Waals surface area contributed by atoms with E-state index in [1.807, 2.05) is 45.9 Å². The van der Waals surface area contributed by atoms with Gasteiger partial charge in [0.2, 0.25) is 11.1 Å². The Kier molecular flexibility index (Phi) is 5.18. The predicted octanol–water partition coefficient (Wildman–Crippen LogP) is 3.78. The first-order chi connectivity index (χ1) is 12.3. The number of benzene rings is 1. The van der Waals surface area contributed by atoms with Gasteiger partial charge in [-0.3, -0.25) is 4.79 Å². The Labute approximate surface area is 157 Å². The van der Waals surface area contributed by atoms with Crippen LogP contribution in [-0.2, 0) is 11.3 Å². The fourth-order valence-corrected chi connectivity index (χ4v) is 3.58. The van der Waals surface area contributed by atoms with Crippen molar-refractivity contribution in [2.75, 3.05) is 0 Å². The van der Waals surface area contributed by atoms with E-state index in [9.17, 15) is 4.79 Å². The van der Waals surface area contributed by atoms with E-state index in [2.05, 4.69) is 33.1 Å². The summed E-state index contributed by atoms with van der Waals surface area (Å²) in [5, 5.41) is 12.9. The molecule has 26 heavy (non-hydrogen) atoms. The van der Waals surface area contributed by atoms with E-state index in [0.717, 1.165) is 35.0 Å². The normalized spacial score (nSPS) is 13.3. The Bertz CT molecular complexity index is 944. The van der Waals surface area contributed by atoms with E-state index < -0.39 is 0 Å². The zero-order valence-electron chi connectivity index (χ0n) is 15.9. The highest BCUT2D eigenvalue weighted by Gasteiger charge is 2.22. The molecule has 0 spiro atoms. The molecule has 1 aromatic carbocycles. The lowest BCUT2D eigenvalue weighted by molar-refractivity contribution is -0.121. The van der Waals surface area contributed by atoms with E-state index >= 15 is 0 Å². The first kappa shape index (κ1) is 18.6. The third-order valence-corrected chi connectivity index (χ3v) is 4.90. The first-order valence-electron chi connectivity index (χ1n) is 8.90. The molecule has 0 aliphatic carbocycles. The Morgan fingerprint density at radius 3 is 2.69 bits per heavy atom. The van der Waals surface area contributed by atoms with Crippen molar-refractivity contribution >= 4 is 39.7 Å². The largest absolute Gasteiger partial charge is 0.351 e. The van der Waals surface area contributed by atoms with Crippen LogP contribution in [-0.4, -0.2) is 36.4 Å². The van der Waals surface area contributed by atoms with Crippen molar-refractivity contribution in [2.45, 2.75) is 63.5 Å². The van der Waals surface area contributed by atoms with Crippen molar-refractivity contribution in [3.05, 3.63) is 24.3 Å². The van der Waals surface area contributed by atoms with Gasteiger partial charge in [0.15, 0.2) is 5.65 Å². The van der Waals surface area contributed by atoms with Crippen LogP contribution in [0.15, 0.2) is 29.4 Å². The zero-order chi connectivity index (χ0) is 18.9. The van der Waals surface area contributed by atoms with Gasteiger partial charge in [0.1, 0.15) is 5.52 Å². The van der Waals surface area contributed by atoms with Crippen molar-refractivity contribution < 1.29 is 4.79 Å². The summed E-state index contributed by atoms with van der Waals surface area (Å²) < 4.78 is 2.18. The number of hydrogen-bond acceptors (Lipinski definition) is 5. The Morgan fingerprint density at radius 1 is 1.27 bits per heavy atom. The number of thioether (sulfide) groups is 1. The topological polar surface area (TPSA) is 72.7 Å². The van der Waals surface area contributed by atoms with Gasteiger partial charge in [0.25, 0.3) is 0 Å². The number of para-hydroxylation sites is 1. The number of aryl methyl sites for hydroxylation is 1. The molecule has 138 valence electrons. The van der Waals surface area contributed by atoms with Crippen molar-refractivity contribution in [3.63, 3.8) is 0 Å². The van der Waals surface area contributed by atoms with Crippen molar-refractivity contribution in [2.24, 2.45) is 0 Å². The second-order valence-corrected chi connectivity index (χ2v) is 8.74. The summed E-state index contributed by atoms with van der Waals surface area (Å²) >= 11 is 1.33. The monoisotopic (exact) mass is 371 g/mol. The van der Waals surface area contributed by atoms with Crippen LogP contribution in [0, 0.1) is 0 Å². The van der Waals surface area contributed by atoms with Gasteiger partial charge in [-0.15, -0.1) is 10.2 Å². The number of rotatable bonds is 5. The van der Waals surface area contributed by atoms with Gasteiger partial charge < -0.3 is 9.88 Å². The van der Waals surface area contributed by atoms with Gasteiger partial charge in [-0.25, -0.2) is 4.98 Å². The Hall–Kier alpha value is -2.15. The maximum atomic E-state index is 12.3. The average Bonchev–Trinajstić information content (AvgIpc) is 2.87. The van der Waals surface area contributed by atoms with E-state index in [-0.39, 0.29) is 16.7 Å². The minimum atomic E-state index is -0.294. The van der Waals surface area contributed by atoms with Crippen LogP contribution in [0.4, 0.5) is 0 Å². The van der Waals surface area contributed by atoms with Gasteiger partial charge in [-0.1, -0.05) is 36.9 Å². The van der Waals surface area contributed by atoms with Crippen LogP contribution < -0.4 is 5.32 Å². The van der Waals surface area contributed by atoms with Crippen molar-refractivity contribution in [1.82, 2.24) is 25.1 Å². The van der Waals surface area contributed by atoms with E-state index in [1.54, 1.807) is 0 Å². The number of nitrogens with zero attached hydrogens (tertiary/aromatic N) is 4. The maximum Gasteiger partial charge on any atom is 0.233 e. The molecule has 2 heterocycles. The molecule has 0 aliphatic heterocycles. The summed E-state index contributed by atoms with van der Waals surface area (Å²) in [6, 6.07) is 8.16. The summed E-state index contributed by atoms with van der Waals surface area (Å²) in [7, 11) is 0. The molecule has 3 rings (SSSR count). The number of nitrogens with one attached hydrogen (secondary N) is 1. The van der Waals surface area contributed by atoms with Crippen LogP contribution >= 0.6 is 11.8 Å². The lowest BCUT2D eigenvalue weighted by atomic mass is 10.1. The number of amides is 1. The molecule has 6 nitrogen and oxygen atoms in total. The third kappa shape index (κ3) is 3.82. The standard InChI is InChI=1S/C19H25N5OS/c1-6-11-24-14-10-8-7-9-13(14)15-16(24)20-18(23-22-15)26-12(2)17(25)21-19(3,4)5/h7-10,12H,6,11H2,1-5H3,(H,21,25). The number of carbonyl (C=O) groups excluding carboxylic acids is 1. The van der Waals surface area contributed by atoms with E-state index in [1.165, 1.54) is 11.8 Å². The molecule has 3 aromatic rings. The first-order valence-corrected chi connectivity index (χ1v) is 9.78. The molecule has 0 saturated heterocycles. The SMILES string of the molecule is CCCn1c2ccccc2c2nnc(SC(C)C(=O)NC(C)(C)C)nc21. The number of carbonyl (C=O) groups is 1. The molecule has 7 heteroatoms. The molecule has 0 bridgehead atoms. The molecule has 1 unspecified atom stereocenters. The van der Waals surface area contributed by atoms with Gasteiger partial charge in [-0.2, -0.15) is 0 Å². The highest BCUT2D eigenvalue weighted by molar-refractivity contribution is 8.00. The van der Waals surface area contributed by atoms with Crippen LogP contribution in [0.3, 0.4) is 0 Å². The van der Waals surface area contributed by atoms with Gasteiger partial charge in [0.05, 0.1) is 10.8 Å². The summed E-state index contributed by atoms with van der Waals surface area (Å²) in [5.41, 5.74) is 2.49. The Morgan fingerprint density at radius 2 is 2.00 bits per heavy atom. The molecular formula is C19H25N5OS. The molecule has 1 N–H and O–H groups in total. The smallest absolute Gasteiger partial charge is 0.233 e. The van der Waals surface area contributed by atoms with Crippen molar-refractivity contribution in [3.8, 4) is 0 Å². The average molecular weight is 372 g/mol. The third-order valence-electron chi connectivity index (χ3n) is 3.95. The molecule has 0 aliphatic rings. The van der Waals surface area contributed by atoms with E-state index in [0.29, 0.717) is 5.16 Å². The zero-order valence-corrected chi connectivity index (χ0v) is 16.7. The van der Waals surface area contributed by atoms with Crippen LogP contribution in [0.25, 0.3) is 22.1 Å².